The summed E-state index contributed by atoms with van der Waals surface area (Å²) in [5.41, 5.74) is 5.86. The number of amides is 1. The standard InChI is InChI=1S/C31H33N7O4/c1-18-6-8-19(9-7-18)14-37-15-20(22-4-2-3-5-23(22)37)12-13-32-28-24-29(34-16-33-28)38(17-35-24)31-26(40)25(39)27(42-31)30(41)36-21-10-11-21/h2-9,15-17,21,25-27,31,39-40H,10-14H2,1H3,(H,36,41)(H,32,33,34). The molecule has 4 heterocycles. The Morgan fingerprint density at radius 3 is 2.67 bits per heavy atom. The van der Waals surface area contributed by atoms with E-state index in [0.717, 1.165) is 25.8 Å². The van der Waals surface area contributed by atoms with Crippen molar-refractivity contribution in [2.24, 2.45) is 0 Å². The molecule has 11 heteroatoms. The minimum atomic E-state index is -1.36. The summed E-state index contributed by atoms with van der Waals surface area (Å²) in [5.74, 6) is 0.131. The zero-order valence-corrected chi connectivity index (χ0v) is 23.2. The Morgan fingerprint density at radius 2 is 1.86 bits per heavy atom. The molecule has 0 spiro atoms. The zero-order valence-electron chi connectivity index (χ0n) is 23.2. The third-order valence-corrected chi connectivity index (χ3v) is 8.08. The predicted octanol–water partition coefficient (Wildman–Crippen LogP) is 2.69. The van der Waals surface area contributed by atoms with Crippen LogP contribution in [0.4, 0.5) is 5.82 Å². The number of carbonyl (C=O) groups is 1. The molecular weight excluding hydrogens is 534 g/mol. The number of rotatable bonds is 9. The van der Waals surface area contributed by atoms with Crippen molar-refractivity contribution in [2.45, 2.75) is 63.3 Å². The van der Waals surface area contributed by atoms with Crippen LogP contribution in [0.2, 0.25) is 0 Å². The van der Waals surface area contributed by atoms with E-state index in [1.807, 2.05) is 0 Å². The van der Waals surface area contributed by atoms with Gasteiger partial charge in [0.05, 0.1) is 6.33 Å². The maximum Gasteiger partial charge on any atom is 0.252 e. The Balaban J connectivity index is 1.07. The van der Waals surface area contributed by atoms with Gasteiger partial charge in [-0.25, -0.2) is 15.0 Å². The zero-order chi connectivity index (χ0) is 28.8. The molecule has 1 saturated carbocycles. The van der Waals surface area contributed by atoms with Gasteiger partial charge in [0.1, 0.15) is 18.5 Å². The van der Waals surface area contributed by atoms with Crippen molar-refractivity contribution in [3.05, 3.63) is 84.1 Å². The van der Waals surface area contributed by atoms with Crippen molar-refractivity contribution in [1.29, 1.82) is 0 Å². The fourth-order valence-corrected chi connectivity index (χ4v) is 5.64. The van der Waals surface area contributed by atoms with Crippen LogP contribution in [-0.2, 0) is 22.5 Å². The van der Waals surface area contributed by atoms with Crippen LogP contribution in [0.25, 0.3) is 22.1 Å². The molecule has 7 rings (SSSR count). The number of hydrogen-bond donors (Lipinski definition) is 4. The number of anilines is 1. The number of para-hydroxylation sites is 1. The molecule has 1 saturated heterocycles. The number of ether oxygens (including phenoxy) is 1. The van der Waals surface area contributed by atoms with Gasteiger partial charge in [-0.1, -0.05) is 48.0 Å². The molecule has 0 radical (unpaired) electrons. The summed E-state index contributed by atoms with van der Waals surface area (Å²) in [6.07, 6.45) is 2.86. The number of aliphatic hydroxyl groups excluding tert-OH is 2. The van der Waals surface area contributed by atoms with Gasteiger partial charge in [0, 0.05) is 36.2 Å². The summed E-state index contributed by atoms with van der Waals surface area (Å²) in [6, 6.07) is 17.2. The van der Waals surface area contributed by atoms with Gasteiger partial charge in [0.15, 0.2) is 29.3 Å². The number of benzene rings is 2. The van der Waals surface area contributed by atoms with Crippen LogP contribution in [0.5, 0.6) is 0 Å². The number of aromatic nitrogens is 5. The topological polar surface area (TPSA) is 139 Å². The van der Waals surface area contributed by atoms with Crippen LogP contribution in [0.15, 0.2) is 67.4 Å². The van der Waals surface area contributed by atoms with Crippen molar-refractivity contribution in [3.8, 4) is 0 Å². The lowest BCUT2D eigenvalue weighted by Gasteiger charge is -2.16. The van der Waals surface area contributed by atoms with Gasteiger partial charge in [-0.15, -0.1) is 0 Å². The van der Waals surface area contributed by atoms with Gasteiger partial charge in [0.2, 0.25) is 0 Å². The SMILES string of the molecule is Cc1ccc(Cn2cc(CCNc3ncnc4c3ncn4C3OC(C(=O)NC4CC4)C(O)C3O)c3ccccc32)cc1. The first-order valence-electron chi connectivity index (χ1n) is 14.3. The van der Waals surface area contributed by atoms with Gasteiger partial charge in [-0.05, 0) is 43.4 Å². The smallest absolute Gasteiger partial charge is 0.252 e. The van der Waals surface area contributed by atoms with Crippen LogP contribution in [0.3, 0.4) is 0 Å². The molecular formula is C31H33N7O4. The highest BCUT2D eigenvalue weighted by Crippen LogP contribution is 2.33. The van der Waals surface area contributed by atoms with Crippen LogP contribution < -0.4 is 10.6 Å². The second-order valence-electron chi connectivity index (χ2n) is 11.2. The number of hydrogen-bond acceptors (Lipinski definition) is 8. The number of aliphatic hydroxyl groups is 2. The Bertz CT molecular complexity index is 1740. The molecule has 4 atom stereocenters. The van der Waals surface area contributed by atoms with Crippen LogP contribution >= 0.6 is 0 Å². The average molecular weight is 568 g/mol. The van der Waals surface area contributed by atoms with Gasteiger partial charge >= 0.3 is 0 Å². The molecule has 1 amide bonds. The molecule has 0 bridgehead atoms. The maximum atomic E-state index is 12.5. The van der Waals surface area contributed by atoms with E-state index in [9.17, 15) is 15.0 Å². The third kappa shape index (κ3) is 5.00. The van der Waals surface area contributed by atoms with Crippen molar-refractivity contribution in [1.82, 2.24) is 29.4 Å². The predicted molar refractivity (Wildman–Crippen MR) is 157 cm³/mol. The van der Waals surface area contributed by atoms with E-state index < -0.39 is 30.4 Å². The van der Waals surface area contributed by atoms with Crippen molar-refractivity contribution < 1.29 is 19.7 Å². The molecule has 42 heavy (non-hydrogen) atoms. The molecule has 1 aliphatic carbocycles. The van der Waals surface area contributed by atoms with Crippen molar-refractivity contribution >= 4 is 33.8 Å². The number of carbonyl (C=O) groups excluding carboxylic acids is 1. The van der Waals surface area contributed by atoms with E-state index in [2.05, 4.69) is 91.8 Å². The van der Waals surface area contributed by atoms with Crippen LogP contribution in [0, 0.1) is 6.92 Å². The lowest BCUT2D eigenvalue weighted by molar-refractivity contribution is -0.137. The molecule has 2 aromatic carbocycles. The number of imidazole rings is 1. The summed E-state index contributed by atoms with van der Waals surface area (Å²) in [6.45, 7) is 3.51. The van der Waals surface area contributed by atoms with E-state index in [1.54, 1.807) is 4.57 Å². The second kappa shape index (κ2) is 10.8. The first-order valence-corrected chi connectivity index (χ1v) is 14.3. The van der Waals surface area contributed by atoms with E-state index in [-0.39, 0.29) is 6.04 Å². The monoisotopic (exact) mass is 567 g/mol. The normalized spacial score (nSPS) is 22.2. The van der Waals surface area contributed by atoms with E-state index in [1.165, 1.54) is 40.2 Å². The summed E-state index contributed by atoms with van der Waals surface area (Å²) in [7, 11) is 0. The van der Waals surface area contributed by atoms with E-state index in [0.29, 0.717) is 23.5 Å². The van der Waals surface area contributed by atoms with E-state index >= 15 is 0 Å². The fourth-order valence-electron chi connectivity index (χ4n) is 5.64. The van der Waals surface area contributed by atoms with Crippen LogP contribution in [-0.4, -0.2) is 71.1 Å². The summed E-state index contributed by atoms with van der Waals surface area (Å²) < 4.78 is 9.66. The summed E-state index contributed by atoms with van der Waals surface area (Å²) in [4.78, 5) is 25.8. The minimum Gasteiger partial charge on any atom is -0.387 e. The molecule has 216 valence electrons. The number of aryl methyl sites for hydroxylation is 1. The highest BCUT2D eigenvalue weighted by Gasteiger charge is 2.48. The molecule has 5 aromatic rings. The number of nitrogens with one attached hydrogen (secondary N) is 2. The highest BCUT2D eigenvalue weighted by molar-refractivity contribution is 5.85. The lowest BCUT2D eigenvalue weighted by Crippen LogP contribution is -2.43. The first-order chi connectivity index (χ1) is 20.5. The third-order valence-electron chi connectivity index (χ3n) is 8.08. The van der Waals surface area contributed by atoms with Gasteiger partial charge in [0.25, 0.3) is 5.91 Å². The van der Waals surface area contributed by atoms with Gasteiger partial charge in [-0.3, -0.25) is 9.36 Å². The number of fused-ring (bicyclic) bond motifs is 2. The molecule has 2 aliphatic rings. The van der Waals surface area contributed by atoms with Crippen LogP contribution in [0.1, 0.15) is 35.8 Å². The van der Waals surface area contributed by atoms with Crippen molar-refractivity contribution in [2.75, 3.05) is 11.9 Å². The molecule has 1 aliphatic heterocycles. The van der Waals surface area contributed by atoms with Crippen molar-refractivity contribution in [3.63, 3.8) is 0 Å². The fraction of sp³-hybridized carbons (Fsp3) is 0.355. The Morgan fingerprint density at radius 1 is 1.05 bits per heavy atom. The Labute approximate surface area is 242 Å². The maximum absolute atomic E-state index is 12.5. The van der Waals surface area contributed by atoms with Gasteiger partial charge < -0.3 is 30.2 Å². The Hall–Kier alpha value is -4.32. The minimum absolute atomic E-state index is 0.115. The Kier molecular flexibility index (Phi) is 6.85. The largest absolute Gasteiger partial charge is 0.387 e. The first kappa shape index (κ1) is 26.6. The quantitative estimate of drug-likeness (QED) is 0.213. The lowest BCUT2D eigenvalue weighted by atomic mass is 10.1. The molecule has 4 unspecified atom stereocenters. The molecule has 2 fully saturated rings. The molecule has 3 aromatic heterocycles. The van der Waals surface area contributed by atoms with Gasteiger partial charge in [-0.2, -0.15) is 0 Å². The summed E-state index contributed by atoms with van der Waals surface area (Å²) >= 11 is 0. The second-order valence-corrected chi connectivity index (χ2v) is 11.2. The number of nitrogens with zero attached hydrogens (tertiary/aromatic N) is 5. The average Bonchev–Trinajstić information content (AvgIpc) is 3.48. The summed E-state index contributed by atoms with van der Waals surface area (Å²) in [5, 5.41) is 28.7. The molecule has 4 N–H and O–H groups in total. The van der Waals surface area contributed by atoms with E-state index in [4.69, 9.17) is 4.74 Å². The highest BCUT2D eigenvalue weighted by atomic mass is 16.6. The molecule has 11 nitrogen and oxygen atoms in total.